The second-order valence-electron chi connectivity index (χ2n) is 4.49. The maximum atomic E-state index is 5.88. The molecule has 0 aliphatic carbocycles. The van der Waals surface area contributed by atoms with Gasteiger partial charge in [0.05, 0.1) is 12.2 Å². The number of nitrogens with zero attached hydrogens (tertiary/aromatic N) is 2. The van der Waals surface area contributed by atoms with Crippen molar-refractivity contribution < 1.29 is 9.47 Å². The van der Waals surface area contributed by atoms with Gasteiger partial charge in [-0.1, -0.05) is 19.1 Å². The number of aromatic nitrogens is 2. The molecule has 0 bridgehead atoms. The van der Waals surface area contributed by atoms with E-state index in [4.69, 9.17) is 15.2 Å². The molecule has 2 rings (SSSR count). The highest BCUT2D eigenvalue weighted by Gasteiger charge is 2.10. The van der Waals surface area contributed by atoms with Gasteiger partial charge in [0.2, 0.25) is 5.88 Å². The van der Waals surface area contributed by atoms with Crippen LogP contribution in [-0.2, 0) is 17.8 Å². The van der Waals surface area contributed by atoms with Crippen LogP contribution in [0.15, 0.2) is 24.3 Å². The predicted octanol–water partition coefficient (Wildman–Crippen LogP) is 2.87. The number of nitrogen functional groups attached to an aromatic ring is 1. The zero-order valence-electron chi connectivity index (χ0n) is 12.0. The van der Waals surface area contributed by atoms with Crippen LogP contribution < -0.4 is 10.5 Å². The Bertz CT molecular complexity index is 600. The molecule has 0 amide bonds. The summed E-state index contributed by atoms with van der Waals surface area (Å²) in [6, 6.07) is 7.70. The van der Waals surface area contributed by atoms with E-state index in [9.17, 15) is 0 Å². The van der Waals surface area contributed by atoms with Gasteiger partial charge in [0.15, 0.2) is 0 Å². The van der Waals surface area contributed by atoms with Crippen LogP contribution in [-0.4, -0.2) is 17.1 Å². The number of methoxy groups -OCH3 is 1. The summed E-state index contributed by atoms with van der Waals surface area (Å²) in [4.78, 5) is 8.59. The number of rotatable bonds is 5. The summed E-state index contributed by atoms with van der Waals surface area (Å²) in [5.74, 6) is 2.35. The van der Waals surface area contributed by atoms with Gasteiger partial charge >= 0.3 is 0 Å². The molecule has 5 heteroatoms. The number of hydrogen-bond donors (Lipinski definition) is 1. The standard InChI is InChI=1S/C15H19N3O2/c1-4-13-17-14(16)10(2)15(18-13)20-12-7-5-6-11(8-12)9-19-3/h5-8H,4,9H2,1-3H3,(H2,16,17,18). The smallest absolute Gasteiger partial charge is 0.227 e. The molecule has 0 saturated carbocycles. The normalized spacial score (nSPS) is 10.6. The van der Waals surface area contributed by atoms with Crippen molar-refractivity contribution in [3.8, 4) is 11.6 Å². The molecule has 0 atom stereocenters. The van der Waals surface area contributed by atoms with Crippen molar-refractivity contribution in [2.24, 2.45) is 0 Å². The molecule has 0 radical (unpaired) electrons. The average molecular weight is 273 g/mol. The lowest BCUT2D eigenvalue weighted by atomic mass is 10.2. The molecular weight excluding hydrogens is 254 g/mol. The Hall–Kier alpha value is -2.14. The van der Waals surface area contributed by atoms with Crippen molar-refractivity contribution in [1.82, 2.24) is 9.97 Å². The van der Waals surface area contributed by atoms with Crippen molar-refractivity contribution in [2.75, 3.05) is 12.8 Å². The van der Waals surface area contributed by atoms with Gasteiger partial charge in [-0.3, -0.25) is 0 Å². The minimum atomic E-state index is 0.458. The zero-order chi connectivity index (χ0) is 14.5. The molecular formula is C15H19N3O2. The van der Waals surface area contributed by atoms with Crippen molar-refractivity contribution >= 4 is 5.82 Å². The minimum Gasteiger partial charge on any atom is -0.439 e. The third-order valence-electron chi connectivity index (χ3n) is 2.93. The summed E-state index contributed by atoms with van der Waals surface area (Å²) in [5.41, 5.74) is 7.67. The SMILES string of the molecule is CCc1nc(N)c(C)c(Oc2cccc(COC)c2)n1. The number of nitrogens with two attached hydrogens (primary N) is 1. The Balaban J connectivity index is 2.29. The summed E-state index contributed by atoms with van der Waals surface area (Å²) >= 11 is 0. The third kappa shape index (κ3) is 3.24. The van der Waals surface area contributed by atoms with Gasteiger partial charge in [0.25, 0.3) is 0 Å². The van der Waals surface area contributed by atoms with Gasteiger partial charge in [0.1, 0.15) is 17.4 Å². The highest BCUT2D eigenvalue weighted by Crippen LogP contribution is 2.26. The van der Waals surface area contributed by atoms with Gasteiger partial charge in [-0.25, -0.2) is 4.98 Å². The molecule has 1 aromatic heterocycles. The van der Waals surface area contributed by atoms with Gasteiger partial charge in [-0.15, -0.1) is 0 Å². The van der Waals surface area contributed by atoms with E-state index >= 15 is 0 Å². The Morgan fingerprint density at radius 2 is 2.05 bits per heavy atom. The molecule has 2 N–H and O–H groups in total. The number of anilines is 1. The molecule has 106 valence electrons. The highest BCUT2D eigenvalue weighted by atomic mass is 16.5. The fraction of sp³-hybridized carbons (Fsp3) is 0.333. The summed E-state index contributed by atoms with van der Waals surface area (Å²) in [6.07, 6.45) is 0.713. The van der Waals surface area contributed by atoms with E-state index in [1.807, 2.05) is 38.1 Å². The first kappa shape index (κ1) is 14.3. The molecule has 0 fully saturated rings. The van der Waals surface area contributed by atoms with E-state index in [1.165, 1.54) is 0 Å². The van der Waals surface area contributed by atoms with Gasteiger partial charge in [-0.2, -0.15) is 4.98 Å². The van der Waals surface area contributed by atoms with E-state index in [0.717, 1.165) is 11.1 Å². The van der Waals surface area contributed by atoms with Crippen LogP contribution in [0.25, 0.3) is 0 Å². The lowest BCUT2D eigenvalue weighted by Gasteiger charge is -2.11. The first-order valence-corrected chi connectivity index (χ1v) is 6.52. The fourth-order valence-corrected chi connectivity index (χ4v) is 1.79. The maximum Gasteiger partial charge on any atom is 0.227 e. The van der Waals surface area contributed by atoms with Crippen LogP contribution in [0.1, 0.15) is 23.9 Å². The van der Waals surface area contributed by atoms with Crippen molar-refractivity contribution in [1.29, 1.82) is 0 Å². The van der Waals surface area contributed by atoms with Crippen LogP contribution in [0.4, 0.5) is 5.82 Å². The molecule has 0 spiro atoms. The van der Waals surface area contributed by atoms with E-state index in [0.29, 0.717) is 36.3 Å². The van der Waals surface area contributed by atoms with Crippen LogP contribution in [0, 0.1) is 6.92 Å². The second-order valence-corrected chi connectivity index (χ2v) is 4.49. The number of ether oxygens (including phenoxy) is 2. The lowest BCUT2D eigenvalue weighted by Crippen LogP contribution is -2.04. The second kappa shape index (κ2) is 6.34. The number of aryl methyl sites for hydroxylation is 1. The van der Waals surface area contributed by atoms with E-state index < -0.39 is 0 Å². The first-order valence-electron chi connectivity index (χ1n) is 6.52. The van der Waals surface area contributed by atoms with Crippen molar-refractivity contribution in [3.05, 3.63) is 41.2 Å². The zero-order valence-corrected chi connectivity index (χ0v) is 12.0. The fourth-order valence-electron chi connectivity index (χ4n) is 1.79. The van der Waals surface area contributed by atoms with Crippen LogP contribution >= 0.6 is 0 Å². The molecule has 20 heavy (non-hydrogen) atoms. The minimum absolute atomic E-state index is 0.458. The number of benzene rings is 1. The van der Waals surface area contributed by atoms with Crippen LogP contribution in [0.5, 0.6) is 11.6 Å². The molecule has 0 aliphatic heterocycles. The van der Waals surface area contributed by atoms with Gasteiger partial charge in [-0.05, 0) is 24.6 Å². The van der Waals surface area contributed by atoms with Gasteiger partial charge < -0.3 is 15.2 Å². The Morgan fingerprint density at radius 3 is 2.75 bits per heavy atom. The molecule has 5 nitrogen and oxygen atoms in total. The number of hydrogen-bond acceptors (Lipinski definition) is 5. The van der Waals surface area contributed by atoms with Crippen molar-refractivity contribution in [3.63, 3.8) is 0 Å². The summed E-state index contributed by atoms with van der Waals surface area (Å²) in [7, 11) is 1.66. The van der Waals surface area contributed by atoms with Crippen molar-refractivity contribution in [2.45, 2.75) is 26.9 Å². The summed E-state index contributed by atoms with van der Waals surface area (Å²) in [5, 5.41) is 0. The van der Waals surface area contributed by atoms with E-state index in [-0.39, 0.29) is 0 Å². The quantitative estimate of drug-likeness (QED) is 0.907. The molecule has 1 heterocycles. The largest absolute Gasteiger partial charge is 0.439 e. The lowest BCUT2D eigenvalue weighted by molar-refractivity contribution is 0.184. The Labute approximate surface area is 118 Å². The van der Waals surface area contributed by atoms with Gasteiger partial charge in [0, 0.05) is 13.5 Å². The third-order valence-corrected chi connectivity index (χ3v) is 2.93. The van der Waals surface area contributed by atoms with E-state index in [2.05, 4.69) is 9.97 Å². The first-order chi connectivity index (χ1) is 9.63. The summed E-state index contributed by atoms with van der Waals surface area (Å²) in [6.45, 7) is 4.37. The maximum absolute atomic E-state index is 5.88. The Kier molecular flexibility index (Phi) is 4.53. The van der Waals surface area contributed by atoms with E-state index in [1.54, 1.807) is 7.11 Å². The monoisotopic (exact) mass is 273 g/mol. The molecule has 0 saturated heterocycles. The molecule has 0 unspecified atom stereocenters. The Morgan fingerprint density at radius 1 is 1.25 bits per heavy atom. The molecule has 1 aromatic carbocycles. The topological polar surface area (TPSA) is 70.3 Å². The van der Waals surface area contributed by atoms with Crippen LogP contribution in [0.2, 0.25) is 0 Å². The molecule has 0 aliphatic rings. The highest BCUT2D eigenvalue weighted by molar-refractivity contribution is 5.46. The predicted molar refractivity (Wildman–Crippen MR) is 77.8 cm³/mol. The molecule has 2 aromatic rings. The average Bonchev–Trinajstić information content (AvgIpc) is 2.44. The summed E-state index contributed by atoms with van der Waals surface area (Å²) < 4.78 is 10.9. The van der Waals surface area contributed by atoms with Crippen LogP contribution in [0.3, 0.4) is 0 Å².